The number of nitrogens with one attached hydrogen (secondary N) is 1. The summed E-state index contributed by atoms with van der Waals surface area (Å²) in [6, 6.07) is 3.46. The van der Waals surface area contributed by atoms with Gasteiger partial charge in [-0.2, -0.15) is 0 Å². The Balaban J connectivity index is 1.90. The Hall–Kier alpha value is -1.56. The van der Waals surface area contributed by atoms with Gasteiger partial charge in [0, 0.05) is 11.6 Å². The average Bonchev–Trinajstić information content (AvgIpc) is 2.80. The fourth-order valence-corrected chi connectivity index (χ4v) is 4.99. The van der Waals surface area contributed by atoms with Gasteiger partial charge in [0.2, 0.25) is 0 Å². The van der Waals surface area contributed by atoms with Crippen molar-refractivity contribution in [3.05, 3.63) is 35.4 Å². The summed E-state index contributed by atoms with van der Waals surface area (Å²) in [6.07, 6.45) is 3.40. The zero-order valence-electron chi connectivity index (χ0n) is 11.4. The molecule has 5 atom stereocenters. The molecule has 2 aliphatic carbocycles. The third-order valence-electron chi connectivity index (χ3n) is 5.84. The number of benzene rings is 1. The molecule has 5 nitrogen and oxygen atoms in total. The van der Waals surface area contributed by atoms with Gasteiger partial charge in [-0.1, -0.05) is 18.2 Å². The molecule has 0 saturated carbocycles. The highest BCUT2D eigenvalue weighted by Gasteiger charge is 2.70. The second-order valence-corrected chi connectivity index (χ2v) is 6.59. The van der Waals surface area contributed by atoms with Crippen LogP contribution in [0.1, 0.15) is 17.5 Å². The molecule has 4 N–H and O–H groups in total. The molecule has 110 valence electrons. The van der Waals surface area contributed by atoms with E-state index in [4.69, 9.17) is 4.74 Å². The van der Waals surface area contributed by atoms with Crippen LogP contribution in [-0.4, -0.2) is 45.7 Å². The molecule has 0 unspecified atom stereocenters. The monoisotopic (exact) mass is 287 g/mol. The largest absolute Gasteiger partial charge is 0.504 e. The molecule has 0 amide bonds. The van der Waals surface area contributed by atoms with Crippen molar-refractivity contribution < 1.29 is 20.1 Å². The maximum Gasteiger partial charge on any atom is 0.165 e. The van der Waals surface area contributed by atoms with Crippen LogP contribution in [-0.2, 0) is 11.8 Å². The van der Waals surface area contributed by atoms with Gasteiger partial charge in [-0.25, -0.2) is 0 Å². The van der Waals surface area contributed by atoms with E-state index in [1.807, 2.05) is 6.07 Å². The number of ether oxygens (including phenoxy) is 1. The third kappa shape index (κ3) is 1.10. The summed E-state index contributed by atoms with van der Waals surface area (Å²) in [7, 11) is 0. The Morgan fingerprint density at radius 1 is 1.33 bits per heavy atom. The van der Waals surface area contributed by atoms with Crippen molar-refractivity contribution in [2.24, 2.45) is 0 Å². The molecule has 5 heteroatoms. The highest BCUT2D eigenvalue weighted by atomic mass is 16.5. The van der Waals surface area contributed by atoms with Gasteiger partial charge in [0.25, 0.3) is 0 Å². The molecule has 1 aromatic rings. The number of aromatic hydroxyl groups is 1. The van der Waals surface area contributed by atoms with Gasteiger partial charge in [-0.15, -0.1) is 0 Å². The summed E-state index contributed by atoms with van der Waals surface area (Å²) in [5, 5.41) is 35.3. The standard InChI is InChI=1S/C16H17NO4/c18-9-2-1-8-7-11-16(20)4-3-10(19)14-15(16,5-6-17-11)12(8)13(9)21-14/h1-4,10-11,14,17-20H,5-7H2/t10-,11+,14-,15-,16+/m0/s1. The van der Waals surface area contributed by atoms with Crippen molar-refractivity contribution in [3.8, 4) is 11.5 Å². The molecule has 0 aromatic heterocycles. The van der Waals surface area contributed by atoms with E-state index in [0.717, 1.165) is 17.7 Å². The Morgan fingerprint density at radius 2 is 2.19 bits per heavy atom. The van der Waals surface area contributed by atoms with Gasteiger partial charge in [0.05, 0.1) is 5.41 Å². The number of aliphatic hydroxyl groups excluding tert-OH is 1. The van der Waals surface area contributed by atoms with Crippen LogP contribution in [0.15, 0.2) is 24.3 Å². The first-order valence-corrected chi connectivity index (χ1v) is 7.43. The number of hydrogen-bond donors (Lipinski definition) is 4. The molecule has 5 rings (SSSR count). The van der Waals surface area contributed by atoms with E-state index in [1.165, 1.54) is 0 Å². The molecular formula is C16H17NO4. The van der Waals surface area contributed by atoms with Gasteiger partial charge in [0.15, 0.2) is 11.5 Å². The number of phenols is 1. The van der Waals surface area contributed by atoms with E-state index in [9.17, 15) is 15.3 Å². The van der Waals surface area contributed by atoms with Crippen LogP contribution in [0.5, 0.6) is 11.5 Å². The zero-order chi connectivity index (χ0) is 14.4. The molecule has 2 heterocycles. The lowest BCUT2D eigenvalue weighted by Crippen LogP contribution is -2.75. The van der Waals surface area contributed by atoms with E-state index in [1.54, 1.807) is 18.2 Å². The fourth-order valence-electron chi connectivity index (χ4n) is 4.99. The smallest absolute Gasteiger partial charge is 0.165 e. The fraction of sp³-hybridized carbons (Fsp3) is 0.500. The SMILES string of the molecule is Oc1ccc2c3c1O[C@H]1[C@@H](O)C=C[C@@]4(O)[C@@H](C2)NCC[C@]314. The summed E-state index contributed by atoms with van der Waals surface area (Å²) in [5.74, 6) is 0.531. The molecule has 1 aromatic carbocycles. The second kappa shape index (κ2) is 3.43. The summed E-state index contributed by atoms with van der Waals surface area (Å²) < 4.78 is 5.95. The maximum atomic E-state index is 11.4. The Morgan fingerprint density at radius 3 is 3.05 bits per heavy atom. The van der Waals surface area contributed by atoms with Crippen molar-refractivity contribution in [1.82, 2.24) is 5.32 Å². The predicted octanol–water partition coefficient (Wildman–Crippen LogP) is -0.0292. The van der Waals surface area contributed by atoms with Gasteiger partial charge >= 0.3 is 0 Å². The first-order chi connectivity index (χ1) is 10.1. The topological polar surface area (TPSA) is 82.0 Å². The van der Waals surface area contributed by atoms with Crippen LogP contribution in [0.2, 0.25) is 0 Å². The molecule has 4 aliphatic rings. The number of phenolic OH excluding ortho intramolecular Hbond substituents is 1. The number of hydrogen-bond acceptors (Lipinski definition) is 5. The van der Waals surface area contributed by atoms with Gasteiger partial charge < -0.3 is 25.4 Å². The van der Waals surface area contributed by atoms with Crippen molar-refractivity contribution >= 4 is 0 Å². The second-order valence-electron chi connectivity index (χ2n) is 6.59. The number of aliphatic hydroxyl groups is 2. The highest BCUT2D eigenvalue weighted by Crippen LogP contribution is 2.62. The normalized spacial score (nSPS) is 45.1. The molecule has 1 fully saturated rings. The van der Waals surface area contributed by atoms with Crippen molar-refractivity contribution in [2.45, 2.75) is 42.1 Å². The van der Waals surface area contributed by atoms with E-state index in [2.05, 4.69) is 5.32 Å². The first-order valence-electron chi connectivity index (χ1n) is 7.43. The number of rotatable bonds is 0. The van der Waals surface area contributed by atoms with Crippen molar-refractivity contribution in [3.63, 3.8) is 0 Å². The lowest BCUT2D eigenvalue weighted by molar-refractivity contribution is -0.120. The highest BCUT2D eigenvalue weighted by molar-refractivity contribution is 5.63. The summed E-state index contributed by atoms with van der Waals surface area (Å²) in [5.41, 5.74) is 0.241. The van der Waals surface area contributed by atoms with Gasteiger partial charge in [-0.3, -0.25) is 0 Å². The van der Waals surface area contributed by atoms with Gasteiger partial charge in [-0.05, 0) is 31.0 Å². The minimum Gasteiger partial charge on any atom is -0.504 e. The molecule has 0 radical (unpaired) electrons. The van der Waals surface area contributed by atoms with Gasteiger partial charge in [0.1, 0.15) is 17.8 Å². The van der Waals surface area contributed by atoms with Crippen LogP contribution in [0.3, 0.4) is 0 Å². The maximum absolute atomic E-state index is 11.4. The molecule has 2 bridgehead atoms. The van der Waals surface area contributed by atoms with E-state index in [0.29, 0.717) is 18.6 Å². The van der Waals surface area contributed by atoms with Crippen LogP contribution in [0, 0.1) is 0 Å². The van der Waals surface area contributed by atoms with E-state index < -0.39 is 23.2 Å². The van der Waals surface area contributed by atoms with Crippen molar-refractivity contribution in [1.29, 1.82) is 0 Å². The quantitative estimate of drug-likeness (QED) is 0.504. The van der Waals surface area contributed by atoms with Crippen LogP contribution < -0.4 is 10.1 Å². The Bertz CT molecular complexity index is 687. The predicted molar refractivity (Wildman–Crippen MR) is 74.4 cm³/mol. The van der Waals surface area contributed by atoms with Crippen LogP contribution in [0.4, 0.5) is 0 Å². The lowest BCUT2D eigenvalue weighted by Gasteiger charge is -2.58. The van der Waals surface area contributed by atoms with E-state index in [-0.39, 0.29) is 11.8 Å². The van der Waals surface area contributed by atoms with E-state index >= 15 is 0 Å². The number of piperidine rings is 1. The Kier molecular flexibility index (Phi) is 1.96. The zero-order valence-corrected chi connectivity index (χ0v) is 11.4. The molecule has 1 saturated heterocycles. The van der Waals surface area contributed by atoms with Crippen LogP contribution in [0.25, 0.3) is 0 Å². The minimum atomic E-state index is -1.08. The molecule has 21 heavy (non-hydrogen) atoms. The lowest BCUT2D eigenvalue weighted by atomic mass is 9.51. The van der Waals surface area contributed by atoms with Crippen molar-refractivity contribution in [2.75, 3.05) is 6.54 Å². The van der Waals surface area contributed by atoms with Crippen LogP contribution >= 0.6 is 0 Å². The molecule has 1 spiro atoms. The summed E-state index contributed by atoms with van der Waals surface area (Å²) >= 11 is 0. The summed E-state index contributed by atoms with van der Waals surface area (Å²) in [4.78, 5) is 0. The first kappa shape index (κ1) is 12.0. The molecule has 2 aliphatic heterocycles. The average molecular weight is 287 g/mol. The minimum absolute atomic E-state index is 0.0871. The molecular weight excluding hydrogens is 270 g/mol. The summed E-state index contributed by atoms with van der Waals surface area (Å²) in [6.45, 7) is 0.766. The Labute approximate surface area is 121 Å². The third-order valence-corrected chi connectivity index (χ3v) is 5.84.